The largest absolute Gasteiger partial charge is 0.465 e. The number of esters is 3. The molecule has 1 atom stereocenters. The van der Waals surface area contributed by atoms with Gasteiger partial charge in [-0.25, -0.2) is 14.4 Å². The van der Waals surface area contributed by atoms with Gasteiger partial charge in [-0.1, -0.05) is 24.3 Å². The molecular weight excluding hydrogens is 534 g/mol. The van der Waals surface area contributed by atoms with E-state index in [1.165, 1.54) is 26.4 Å². The van der Waals surface area contributed by atoms with E-state index >= 15 is 0 Å². The smallest absolute Gasteiger partial charge is 0.338 e. The second kappa shape index (κ2) is 11.4. The van der Waals surface area contributed by atoms with E-state index in [-0.39, 0.29) is 31.7 Å². The highest BCUT2D eigenvalue weighted by molar-refractivity contribution is 7.07. The van der Waals surface area contributed by atoms with Gasteiger partial charge in [0, 0.05) is 0 Å². The minimum atomic E-state index is -0.951. The third-order valence-electron chi connectivity index (χ3n) is 6.13. The molecule has 0 amide bonds. The first-order valence-electron chi connectivity index (χ1n) is 12.1. The van der Waals surface area contributed by atoms with Gasteiger partial charge in [-0.05, 0) is 55.3 Å². The van der Waals surface area contributed by atoms with Gasteiger partial charge in [0.25, 0.3) is 5.56 Å². The Labute approximate surface area is 232 Å². The Balaban J connectivity index is 1.98. The van der Waals surface area contributed by atoms with Crippen LogP contribution in [0, 0.1) is 11.3 Å². The standard InChI is InChI=1S/C29H25N3O7S/c1-15(2)39-29(36)23-22(17-9-11-19(12-10-17)28(35)38-4)20(14-30)24(31)32-25(33)21(40-26(23)32)13-16-5-7-18(8-6-16)27(34)37-3/h5-13,15,22H,31H2,1-4H3/b21-13+/t22-/m0/s1. The molecule has 0 saturated carbocycles. The van der Waals surface area contributed by atoms with Crippen molar-refractivity contribution in [1.29, 1.82) is 5.26 Å². The Morgan fingerprint density at radius 2 is 1.52 bits per heavy atom. The van der Waals surface area contributed by atoms with Crippen molar-refractivity contribution in [2.75, 3.05) is 14.2 Å². The molecule has 2 N–H and O–H groups in total. The van der Waals surface area contributed by atoms with E-state index in [0.29, 0.717) is 16.7 Å². The van der Waals surface area contributed by atoms with Crippen molar-refractivity contribution in [3.05, 3.63) is 95.9 Å². The number of nitrogens with zero attached hydrogens (tertiary/aromatic N) is 2. The number of rotatable bonds is 6. The molecule has 0 fully saturated rings. The lowest BCUT2D eigenvalue weighted by Gasteiger charge is -2.25. The summed E-state index contributed by atoms with van der Waals surface area (Å²) in [6.45, 7) is 3.38. The van der Waals surface area contributed by atoms with Crippen LogP contribution in [0.1, 0.15) is 51.6 Å². The van der Waals surface area contributed by atoms with Gasteiger partial charge in [0.05, 0.1) is 59.1 Å². The molecule has 11 heteroatoms. The highest BCUT2D eigenvalue weighted by Gasteiger charge is 2.36. The number of methoxy groups -OCH3 is 2. The highest BCUT2D eigenvalue weighted by Crippen LogP contribution is 2.37. The molecule has 0 radical (unpaired) electrons. The van der Waals surface area contributed by atoms with E-state index < -0.39 is 35.5 Å². The zero-order chi connectivity index (χ0) is 29.1. The second-order valence-corrected chi connectivity index (χ2v) is 10.0. The van der Waals surface area contributed by atoms with Gasteiger partial charge in [0.1, 0.15) is 10.5 Å². The van der Waals surface area contributed by atoms with Crippen molar-refractivity contribution < 1.29 is 28.6 Å². The zero-order valence-corrected chi connectivity index (χ0v) is 22.9. The molecule has 2 heterocycles. The van der Waals surface area contributed by atoms with E-state index in [4.69, 9.17) is 19.9 Å². The number of carbonyl (C=O) groups is 3. The average molecular weight is 560 g/mol. The molecule has 0 saturated heterocycles. The number of thiazole rings is 1. The molecule has 10 nitrogen and oxygen atoms in total. The maximum Gasteiger partial charge on any atom is 0.338 e. The first kappa shape index (κ1) is 28.1. The molecule has 2 aromatic carbocycles. The fraction of sp³-hybridized carbons (Fsp3) is 0.207. The number of ether oxygens (including phenoxy) is 3. The predicted molar refractivity (Wildman–Crippen MR) is 147 cm³/mol. The fourth-order valence-corrected chi connectivity index (χ4v) is 5.44. The molecule has 40 heavy (non-hydrogen) atoms. The van der Waals surface area contributed by atoms with E-state index in [1.54, 1.807) is 56.3 Å². The predicted octanol–water partition coefficient (Wildman–Crippen LogP) is 1.86. The summed E-state index contributed by atoms with van der Waals surface area (Å²) >= 11 is 1.03. The number of nitrogens with two attached hydrogens (primary N) is 1. The topological polar surface area (TPSA) is 151 Å². The van der Waals surface area contributed by atoms with Gasteiger partial charge in [-0.3, -0.25) is 9.36 Å². The van der Waals surface area contributed by atoms with E-state index in [0.717, 1.165) is 15.9 Å². The maximum atomic E-state index is 13.5. The number of hydrogen-bond acceptors (Lipinski definition) is 10. The van der Waals surface area contributed by atoms with Crippen LogP contribution in [0.4, 0.5) is 0 Å². The molecule has 0 unspecified atom stereocenters. The Morgan fingerprint density at radius 1 is 0.975 bits per heavy atom. The maximum absolute atomic E-state index is 13.5. The fourth-order valence-electron chi connectivity index (χ4n) is 4.27. The minimum Gasteiger partial charge on any atom is -0.465 e. The molecular formula is C29H25N3O7S. The van der Waals surface area contributed by atoms with E-state index in [1.807, 2.05) is 0 Å². The lowest BCUT2D eigenvalue weighted by atomic mass is 9.83. The molecule has 204 valence electrons. The summed E-state index contributed by atoms with van der Waals surface area (Å²) in [6.07, 6.45) is 1.13. The first-order chi connectivity index (χ1) is 19.1. The van der Waals surface area contributed by atoms with Crippen LogP contribution in [0.3, 0.4) is 0 Å². The van der Waals surface area contributed by atoms with Crippen LogP contribution in [0.25, 0.3) is 17.5 Å². The van der Waals surface area contributed by atoms with Crippen molar-refractivity contribution >= 4 is 46.7 Å². The molecule has 0 aliphatic carbocycles. The number of carbonyl (C=O) groups excluding carboxylic acids is 3. The van der Waals surface area contributed by atoms with Gasteiger partial charge < -0.3 is 19.9 Å². The summed E-state index contributed by atoms with van der Waals surface area (Å²) < 4.78 is 16.6. The highest BCUT2D eigenvalue weighted by atomic mass is 32.1. The van der Waals surface area contributed by atoms with Crippen molar-refractivity contribution in [1.82, 2.24) is 4.57 Å². The summed E-state index contributed by atoms with van der Waals surface area (Å²) in [5, 5.41) is 10.1. The summed E-state index contributed by atoms with van der Waals surface area (Å²) in [5.74, 6) is -2.80. The molecule has 1 aliphatic rings. The van der Waals surface area contributed by atoms with Gasteiger partial charge in [-0.15, -0.1) is 11.3 Å². The van der Waals surface area contributed by atoms with E-state index in [2.05, 4.69) is 6.07 Å². The number of benzene rings is 2. The summed E-state index contributed by atoms with van der Waals surface area (Å²) in [5.41, 5.74) is 7.69. The number of fused-ring (bicyclic) bond motifs is 1. The number of aromatic nitrogens is 1. The summed E-state index contributed by atoms with van der Waals surface area (Å²) in [6, 6.07) is 14.7. The molecule has 1 aliphatic heterocycles. The lowest BCUT2D eigenvalue weighted by Crippen LogP contribution is -2.40. The molecule has 3 aromatic rings. The molecule has 0 bridgehead atoms. The summed E-state index contributed by atoms with van der Waals surface area (Å²) in [4.78, 5) is 50.7. The number of allylic oxidation sites excluding steroid dienone is 1. The third kappa shape index (κ3) is 5.17. The van der Waals surface area contributed by atoms with Crippen molar-refractivity contribution in [3.63, 3.8) is 0 Å². The Kier molecular flexibility index (Phi) is 8.02. The Bertz CT molecular complexity index is 1760. The number of nitriles is 1. The molecule has 1 aromatic heterocycles. The average Bonchev–Trinajstić information content (AvgIpc) is 3.27. The van der Waals surface area contributed by atoms with Gasteiger partial charge in [0.2, 0.25) is 0 Å². The summed E-state index contributed by atoms with van der Waals surface area (Å²) in [7, 11) is 2.55. The monoisotopic (exact) mass is 559 g/mol. The van der Waals surface area contributed by atoms with Crippen molar-refractivity contribution in [2.24, 2.45) is 5.73 Å². The zero-order valence-electron chi connectivity index (χ0n) is 22.1. The van der Waals surface area contributed by atoms with Crippen LogP contribution >= 0.6 is 11.3 Å². The van der Waals surface area contributed by atoms with Crippen LogP contribution in [-0.2, 0) is 19.0 Å². The van der Waals surface area contributed by atoms with Crippen molar-refractivity contribution in [3.8, 4) is 6.07 Å². The van der Waals surface area contributed by atoms with Crippen LogP contribution in [-0.4, -0.2) is 42.8 Å². The van der Waals surface area contributed by atoms with Crippen LogP contribution in [0.5, 0.6) is 0 Å². The molecule has 0 spiro atoms. The first-order valence-corrected chi connectivity index (χ1v) is 12.9. The normalized spacial score (nSPS) is 14.9. The van der Waals surface area contributed by atoms with Crippen LogP contribution in [0.2, 0.25) is 0 Å². The van der Waals surface area contributed by atoms with E-state index in [9.17, 15) is 24.4 Å². The van der Waals surface area contributed by atoms with Crippen LogP contribution in [0.15, 0.2) is 58.9 Å². The van der Waals surface area contributed by atoms with Crippen molar-refractivity contribution in [2.45, 2.75) is 25.9 Å². The minimum absolute atomic E-state index is 0.0112. The third-order valence-corrected chi connectivity index (χ3v) is 7.23. The molecule has 4 rings (SSSR count). The van der Waals surface area contributed by atoms with Gasteiger partial charge in [-0.2, -0.15) is 5.26 Å². The Morgan fingerprint density at radius 3 is 2.02 bits per heavy atom. The SMILES string of the molecule is COC(=O)c1ccc(/C=c2/sc3n(c2=O)C(N)=C(C#N)[C@H](c2ccc(C(=O)OC)cc2)C=3C(=O)OC(C)C)cc1. The van der Waals surface area contributed by atoms with Gasteiger partial charge >= 0.3 is 17.9 Å². The second-order valence-electron chi connectivity index (χ2n) is 9.00. The Hall–Kier alpha value is -4.95. The van der Waals surface area contributed by atoms with Crippen LogP contribution < -0.4 is 20.5 Å². The number of hydrogen-bond donors (Lipinski definition) is 1. The van der Waals surface area contributed by atoms with Gasteiger partial charge in [0.15, 0.2) is 0 Å². The lowest BCUT2D eigenvalue weighted by molar-refractivity contribution is -0.140. The quantitative estimate of drug-likeness (QED) is 0.352.